The highest BCUT2D eigenvalue weighted by Gasteiger charge is 2.34. The Hall–Kier alpha value is -2.02. The van der Waals surface area contributed by atoms with Gasteiger partial charge in [-0.05, 0) is 18.2 Å². The third kappa shape index (κ3) is 3.09. The fraction of sp³-hybridized carbons (Fsp3) is 0.385. The van der Waals surface area contributed by atoms with Gasteiger partial charge in [-0.2, -0.15) is 9.57 Å². The number of halogens is 1. The van der Waals surface area contributed by atoms with Gasteiger partial charge in [0, 0.05) is 20.1 Å². The van der Waals surface area contributed by atoms with E-state index in [-0.39, 0.29) is 30.2 Å². The summed E-state index contributed by atoms with van der Waals surface area (Å²) in [5.41, 5.74) is -0.350. The number of morpholine rings is 1. The molecule has 118 valence electrons. The Morgan fingerprint density at radius 3 is 2.91 bits per heavy atom. The van der Waals surface area contributed by atoms with E-state index in [0.29, 0.717) is 0 Å². The average Bonchev–Trinajstić information content (AvgIpc) is 2.54. The first-order valence-electron chi connectivity index (χ1n) is 6.43. The lowest BCUT2D eigenvalue weighted by Crippen LogP contribution is -2.50. The van der Waals surface area contributed by atoms with Gasteiger partial charge < -0.3 is 10.1 Å². The third-order valence-corrected chi connectivity index (χ3v) is 5.13. The number of nitrogens with one attached hydrogen (secondary N) is 1. The van der Waals surface area contributed by atoms with Crippen LogP contribution >= 0.6 is 0 Å². The van der Waals surface area contributed by atoms with Crippen LogP contribution < -0.4 is 5.32 Å². The van der Waals surface area contributed by atoms with Gasteiger partial charge in [0.1, 0.15) is 18.0 Å². The van der Waals surface area contributed by atoms with Gasteiger partial charge in [-0.1, -0.05) is 0 Å². The highest BCUT2D eigenvalue weighted by Crippen LogP contribution is 2.21. The number of sulfonamides is 1. The Morgan fingerprint density at radius 1 is 1.55 bits per heavy atom. The van der Waals surface area contributed by atoms with Crippen LogP contribution in [-0.4, -0.2) is 51.5 Å². The average molecular weight is 327 g/mol. The van der Waals surface area contributed by atoms with Crippen LogP contribution in [-0.2, 0) is 19.6 Å². The van der Waals surface area contributed by atoms with E-state index < -0.39 is 27.9 Å². The molecule has 9 heteroatoms. The number of hydrogen-bond acceptors (Lipinski definition) is 5. The normalized spacial score (nSPS) is 19.4. The van der Waals surface area contributed by atoms with Gasteiger partial charge in [0.05, 0.1) is 17.1 Å². The van der Waals surface area contributed by atoms with Gasteiger partial charge in [-0.25, -0.2) is 12.8 Å². The fourth-order valence-electron chi connectivity index (χ4n) is 2.06. The molecule has 1 aromatic carbocycles. The number of carbonyl (C=O) groups is 1. The number of nitriles is 1. The molecule has 0 aromatic heterocycles. The molecule has 1 aliphatic heterocycles. The second-order valence-electron chi connectivity index (χ2n) is 4.59. The molecule has 0 radical (unpaired) electrons. The van der Waals surface area contributed by atoms with Gasteiger partial charge in [0.25, 0.3) is 0 Å². The molecule has 1 fully saturated rings. The van der Waals surface area contributed by atoms with E-state index in [1.54, 1.807) is 6.07 Å². The summed E-state index contributed by atoms with van der Waals surface area (Å²) in [5.74, 6) is -1.21. The van der Waals surface area contributed by atoms with Crippen molar-refractivity contribution in [3.8, 4) is 6.07 Å². The largest absolute Gasteiger partial charge is 0.366 e. The van der Waals surface area contributed by atoms with E-state index in [9.17, 15) is 17.6 Å². The predicted octanol–water partition coefficient (Wildman–Crippen LogP) is -0.167. The van der Waals surface area contributed by atoms with Crippen LogP contribution in [0.5, 0.6) is 0 Å². The van der Waals surface area contributed by atoms with E-state index in [1.165, 1.54) is 7.05 Å². The van der Waals surface area contributed by atoms with Crippen molar-refractivity contribution in [2.75, 3.05) is 26.7 Å². The number of ether oxygens (including phenoxy) is 1. The molecular weight excluding hydrogens is 313 g/mol. The first-order chi connectivity index (χ1) is 10.4. The summed E-state index contributed by atoms with van der Waals surface area (Å²) in [6.45, 7) is 0.0139. The Labute approximate surface area is 127 Å². The van der Waals surface area contributed by atoms with Crippen LogP contribution in [0.1, 0.15) is 5.56 Å². The maximum atomic E-state index is 13.3. The summed E-state index contributed by atoms with van der Waals surface area (Å²) < 4.78 is 44.7. The predicted molar refractivity (Wildman–Crippen MR) is 73.7 cm³/mol. The minimum Gasteiger partial charge on any atom is -0.366 e. The molecule has 1 saturated heterocycles. The Kier molecular flexibility index (Phi) is 4.75. The molecule has 1 atom stereocenters. The highest BCUT2D eigenvalue weighted by molar-refractivity contribution is 7.89. The van der Waals surface area contributed by atoms with E-state index in [1.807, 2.05) is 0 Å². The van der Waals surface area contributed by atoms with Crippen molar-refractivity contribution in [1.29, 1.82) is 5.26 Å². The number of hydrogen-bond donors (Lipinski definition) is 1. The molecule has 22 heavy (non-hydrogen) atoms. The Balaban J connectivity index is 2.30. The van der Waals surface area contributed by atoms with Crippen molar-refractivity contribution in [2.24, 2.45) is 0 Å². The molecule has 1 unspecified atom stereocenters. The standard InChI is InChI=1S/C13H14FN3O4S/c1-16-13(18)12-8-17(4-5-21-12)22(19,20)10-2-3-11(14)9(6-10)7-15/h2-3,6,12H,4-5,8H2,1H3,(H,16,18). The second-order valence-corrected chi connectivity index (χ2v) is 6.53. The van der Waals surface area contributed by atoms with Crippen LogP contribution in [0, 0.1) is 17.1 Å². The van der Waals surface area contributed by atoms with Crippen LogP contribution in [0.2, 0.25) is 0 Å². The van der Waals surface area contributed by atoms with Crippen LogP contribution in [0.3, 0.4) is 0 Å². The molecule has 1 heterocycles. The van der Waals surface area contributed by atoms with Crippen molar-refractivity contribution in [2.45, 2.75) is 11.0 Å². The summed E-state index contributed by atoms with van der Waals surface area (Å²) in [6.07, 6.45) is -0.899. The zero-order chi connectivity index (χ0) is 16.3. The quantitative estimate of drug-likeness (QED) is 0.831. The number of rotatable bonds is 3. The lowest BCUT2D eigenvalue weighted by atomic mass is 10.2. The number of benzene rings is 1. The number of carbonyl (C=O) groups excluding carboxylic acids is 1. The zero-order valence-corrected chi connectivity index (χ0v) is 12.6. The van der Waals surface area contributed by atoms with E-state index in [0.717, 1.165) is 22.5 Å². The van der Waals surface area contributed by atoms with Gasteiger partial charge in [0.15, 0.2) is 0 Å². The summed E-state index contributed by atoms with van der Waals surface area (Å²) >= 11 is 0. The minimum absolute atomic E-state index is 0.0730. The molecule has 1 aromatic rings. The molecule has 1 aliphatic rings. The van der Waals surface area contributed by atoms with E-state index >= 15 is 0 Å². The van der Waals surface area contributed by atoms with Gasteiger partial charge in [-0.3, -0.25) is 4.79 Å². The van der Waals surface area contributed by atoms with E-state index in [4.69, 9.17) is 10.00 Å². The van der Waals surface area contributed by atoms with Gasteiger partial charge in [-0.15, -0.1) is 0 Å². The van der Waals surface area contributed by atoms with Gasteiger partial charge in [0.2, 0.25) is 15.9 Å². The molecule has 0 aliphatic carbocycles. The number of nitrogens with zero attached hydrogens (tertiary/aromatic N) is 2. The zero-order valence-electron chi connectivity index (χ0n) is 11.7. The molecule has 0 spiro atoms. The minimum atomic E-state index is -3.93. The lowest BCUT2D eigenvalue weighted by molar-refractivity contribution is -0.135. The van der Waals surface area contributed by atoms with Crippen LogP contribution in [0.15, 0.2) is 23.1 Å². The summed E-state index contributed by atoms with van der Waals surface area (Å²) in [5, 5.41) is 11.2. The van der Waals surface area contributed by atoms with Crippen molar-refractivity contribution in [3.63, 3.8) is 0 Å². The molecule has 2 rings (SSSR count). The maximum Gasteiger partial charge on any atom is 0.250 e. The van der Waals surface area contributed by atoms with E-state index in [2.05, 4.69) is 5.32 Å². The summed E-state index contributed by atoms with van der Waals surface area (Å²) in [4.78, 5) is 11.4. The topological polar surface area (TPSA) is 99.5 Å². The molecule has 1 N–H and O–H groups in total. The molecule has 0 bridgehead atoms. The first-order valence-corrected chi connectivity index (χ1v) is 7.87. The fourth-order valence-corrected chi connectivity index (χ4v) is 3.51. The Bertz CT molecular complexity index is 729. The smallest absolute Gasteiger partial charge is 0.250 e. The van der Waals surface area contributed by atoms with Crippen molar-refractivity contribution in [3.05, 3.63) is 29.6 Å². The number of likely N-dealkylation sites (N-methyl/N-ethyl adjacent to an activating group) is 1. The third-order valence-electron chi connectivity index (χ3n) is 3.26. The summed E-state index contributed by atoms with van der Waals surface area (Å²) in [6, 6.07) is 4.61. The molecular formula is C13H14FN3O4S. The molecule has 7 nitrogen and oxygen atoms in total. The van der Waals surface area contributed by atoms with Crippen LogP contribution in [0.25, 0.3) is 0 Å². The summed E-state index contributed by atoms with van der Waals surface area (Å²) in [7, 11) is -2.50. The SMILES string of the molecule is CNC(=O)C1CN(S(=O)(=O)c2ccc(F)c(C#N)c2)CCO1. The van der Waals surface area contributed by atoms with Gasteiger partial charge >= 0.3 is 0 Å². The number of amides is 1. The van der Waals surface area contributed by atoms with Crippen molar-refractivity contribution >= 4 is 15.9 Å². The second kappa shape index (κ2) is 6.39. The van der Waals surface area contributed by atoms with Crippen LogP contribution in [0.4, 0.5) is 4.39 Å². The first kappa shape index (κ1) is 16.4. The maximum absolute atomic E-state index is 13.3. The molecule has 0 saturated carbocycles. The van der Waals surface area contributed by atoms with Crippen molar-refractivity contribution in [1.82, 2.24) is 9.62 Å². The molecule has 1 amide bonds. The Morgan fingerprint density at radius 2 is 2.27 bits per heavy atom. The lowest BCUT2D eigenvalue weighted by Gasteiger charge is -2.31. The van der Waals surface area contributed by atoms with Crippen molar-refractivity contribution < 1.29 is 22.3 Å². The highest BCUT2D eigenvalue weighted by atomic mass is 32.2. The monoisotopic (exact) mass is 327 g/mol.